The van der Waals surface area contributed by atoms with Crippen molar-refractivity contribution in [2.75, 3.05) is 26.2 Å². The minimum atomic E-state index is -1.10. The van der Waals surface area contributed by atoms with Gasteiger partial charge in [-0.15, -0.1) is 13.2 Å². The highest BCUT2D eigenvalue weighted by molar-refractivity contribution is 7.84. The third-order valence-electron chi connectivity index (χ3n) is 11.8. The Morgan fingerprint density at radius 2 is 0.980 bits per heavy atom. The molecule has 8 rings (SSSR count). The molecule has 50 heavy (non-hydrogen) atoms. The molecule has 4 aliphatic heterocycles. The molecule has 276 valence electrons. The highest BCUT2D eigenvalue weighted by Crippen LogP contribution is 2.51. The lowest BCUT2D eigenvalue weighted by Gasteiger charge is -2.58. The molecule has 0 amide bonds. The monoisotopic (exact) mass is 720 g/mol. The first kappa shape index (κ1) is 39.3. The summed E-state index contributed by atoms with van der Waals surface area (Å²) in [6, 6.07) is 21.3. The molecule has 2 aromatic rings. The second-order valence-electron chi connectivity index (χ2n) is 17.2. The van der Waals surface area contributed by atoms with Crippen LogP contribution in [0.1, 0.15) is 116 Å². The van der Waals surface area contributed by atoms with Crippen LogP contribution < -0.4 is 9.44 Å². The van der Waals surface area contributed by atoms with E-state index in [-0.39, 0.29) is 32.7 Å². The van der Waals surface area contributed by atoms with Gasteiger partial charge in [0, 0.05) is 37.3 Å². The number of nitrogens with zero attached hydrogens (tertiary/aromatic N) is 2. The third kappa shape index (κ3) is 8.64. The van der Waals surface area contributed by atoms with E-state index in [2.05, 4.69) is 93.1 Å². The molecule has 6 fully saturated rings. The van der Waals surface area contributed by atoms with Crippen LogP contribution in [-0.4, -0.2) is 65.0 Å². The van der Waals surface area contributed by atoms with Crippen LogP contribution >= 0.6 is 0 Å². The first-order chi connectivity index (χ1) is 23.7. The van der Waals surface area contributed by atoms with Gasteiger partial charge in [0.2, 0.25) is 0 Å². The highest BCUT2D eigenvalue weighted by atomic mass is 32.2. The van der Waals surface area contributed by atoms with E-state index in [1.54, 1.807) is 0 Å². The molecule has 6 aliphatic rings. The zero-order chi connectivity index (χ0) is 36.2. The first-order valence-electron chi connectivity index (χ1n) is 18.9. The molecule has 4 bridgehead atoms. The summed E-state index contributed by atoms with van der Waals surface area (Å²) in [7, 11) is -2.20. The van der Waals surface area contributed by atoms with Gasteiger partial charge in [-0.1, -0.05) is 72.8 Å². The molecule has 2 aliphatic carbocycles. The number of fused-ring (bicyclic) bond motifs is 6. The summed E-state index contributed by atoms with van der Waals surface area (Å²) in [4.78, 5) is 5.20. The molecule has 0 unspecified atom stereocenters. The summed E-state index contributed by atoms with van der Waals surface area (Å²) >= 11 is 0. The topological polar surface area (TPSA) is 64.7 Å². The smallest absolute Gasteiger partial charge is 0.0976 e. The van der Waals surface area contributed by atoms with Crippen LogP contribution in [0.3, 0.4) is 0 Å². The van der Waals surface area contributed by atoms with E-state index >= 15 is 0 Å². The van der Waals surface area contributed by atoms with Crippen LogP contribution in [0, 0.1) is 11.8 Å². The molecule has 2 N–H and O–H groups in total. The van der Waals surface area contributed by atoms with E-state index in [1.807, 2.05) is 53.7 Å². The van der Waals surface area contributed by atoms with E-state index < -0.39 is 22.0 Å². The summed E-state index contributed by atoms with van der Waals surface area (Å²) in [6.45, 7) is 24.3. The number of hydrogen-bond acceptors (Lipinski definition) is 4. The van der Waals surface area contributed by atoms with E-state index in [1.165, 1.54) is 62.5 Å². The highest BCUT2D eigenvalue weighted by Gasteiger charge is 2.53. The summed E-state index contributed by atoms with van der Waals surface area (Å²) in [6.07, 6.45) is 13.8. The van der Waals surface area contributed by atoms with Crippen molar-refractivity contribution in [2.24, 2.45) is 11.8 Å². The predicted molar refractivity (Wildman–Crippen MR) is 213 cm³/mol. The van der Waals surface area contributed by atoms with Crippen molar-refractivity contribution in [3.63, 3.8) is 0 Å². The molecule has 0 aromatic heterocycles. The molecule has 8 heteroatoms. The SMILES string of the molecule is C=CCN1CC2CCC1([C@@H](N[S@@](=O)C(C)(C)C)c1ccccc1)CC2.C=CCN1CC2CCC1([C@H](N[S@@](=O)C(C)(C)C)c1ccccc1)CC2. The minimum Gasteiger partial charge on any atom is -0.292 e. The molecule has 4 heterocycles. The quantitative estimate of drug-likeness (QED) is 0.216. The van der Waals surface area contributed by atoms with E-state index in [9.17, 15) is 8.42 Å². The molecule has 0 spiro atoms. The van der Waals surface area contributed by atoms with Crippen LogP contribution in [-0.2, 0) is 22.0 Å². The molecular weight excluding hydrogens is 657 g/mol. The molecule has 0 radical (unpaired) electrons. The zero-order valence-corrected chi connectivity index (χ0v) is 33.3. The van der Waals surface area contributed by atoms with Gasteiger partial charge in [-0.05, 0) is 116 Å². The second-order valence-corrected chi connectivity index (χ2v) is 21.2. The van der Waals surface area contributed by atoms with Gasteiger partial charge in [-0.2, -0.15) is 0 Å². The molecular formula is C42H64N4O2S2. The average Bonchev–Trinajstić information content (AvgIpc) is 3.11. The van der Waals surface area contributed by atoms with E-state index in [0.29, 0.717) is 0 Å². The standard InChI is InChI=1S/2C21H32N2OS/c2*1-5-15-23-16-17-11-13-21(23,14-12-17)19(18-9-7-6-8-10-18)22-25(24)20(2,3)4/h2*5-10,17,19,22H,1,11-16H2,2-4H3/t17?,19-,21?,25+;17?,19-,21?,25-/m10/s1. The number of rotatable bonds is 12. The van der Waals surface area contributed by atoms with Crippen molar-refractivity contribution in [3.05, 3.63) is 97.1 Å². The van der Waals surface area contributed by atoms with Gasteiger partial charge in [0.05, 0.1) is 43.5 Å². The van der Waals surface area contributed by atoms with Gasteiger partial charge in [-0.25, -0.2) is 17.9 Å². The van der Waals surface area contributed by atoms with Gasteiger partial charge in [0.1, 0.15) is 0 Å². The minimum absolute atomic E-state index is 0.0329. The van der Waals surface area contributed by atoms with E-state index in [4.69, 9.17) is 0 Å². The lowest BCUT2D eigenvalue weighted by atomic mass is 9.66. The Labute approximate surface area is 309 Å². The van der Waals surface area contributed by atoms with Crippen LogP contribution in [0.15, 0.2) is 86.0 Å². The Morgan fingerprint density at radius 1 is 0.660 bits per heavy atom. The van der Waals surface area contributed by atoms with Crippen LogP contribution in [0.25, 0.3) is 0 Å². The Hall–Kier alpha value is -1.94. The van der Waals surface area contributed by atoms with Crippen LogP contribution in [0.4, 0.5) is 0 Å². The summed E-state index contributed by atoms with van der Waals surface area (Å²) < 4.78 is 32.5. The van der Waals surface area contributed by atoms with Crippen molar-refractivity contribution >= 4 is 22.0 Å². The number of hydrogen-bond donors (Lipinski definition) is 2. The Balaban J connectivity index is 0.000000194. The molecule has 4 atom stereocenters. The maximum atomic E-state index is 13.0. The van der Waals surface area contributed by atoms with Gasteiger partial charge < -0.3 is 0 Å². The number of piperidine rings is 4. The van der Waals surface area contributed by atoms with Crippen LogP contribution in [0.5, 0.6) is 0 Å². The Morgan fingerprint density at radius 3 is 1.26 bits per heavy atom. The number of nitrogens with one attached hydrogen (secondary N) is 2. The maximum Gasteiger partial charge on any atom is 0.0976 e. The molecule has 2 saturated carbocycles. The summed E-state index contributed by atoms with van der Waals surface area (Å²) in [5, 5.41) is 0. The summed E-state index contributed by atoms with van der Waals surface area (Å²) in [5.74, 6) is 1.62. The fourth-order valence-electron chi connectivity index (χ4n) is 8.94. The number of benzene rings is 2. The molecule has 6 nitrogen and oxygen atoms in total. The van der Waals surface area contributed by atoms with Crippen molar-refractivity contribution in [3.8, 4) is 0 Å². The predicted octanol–water partition coefficient (Wildman–Crippen LogP) is 8.42. The van der Waals surface area contributed by atoms with Crippen molar-refractivity contribution in [2.45, 2.75) is 126 Å². The largest absolute Gasteiger partial charge is 0.292 e. The lowest BCUT2D eigenvalue weighted by Crippen LogP contribution is -2.64. The van der Waals surface area contributed by atoms with Gasteiger partial charge in [0.15, 0.2) is 0 Å². The van der Waals surface area contributed by atoms with Crippen LogP contribution in [0.2, 0.25) is 0 Å². The third-order valence-corrected chi connectivity index (χ3v) is 14.9. The Kier molecular flexibility index (Phi) is 12.9. The lowest BCUT2D eigenvalue weighted by molar-refractivity contribution is -0.0473. The second kappa shape index (κ2) is 16.4. The zero-order valence-electron chi connectivity index (χ0n) is 31.7. The fraction of sp³-hybridized carbons (Fsp3) is 0.619. The normalized spacial score (nSPS) is 29.3. The van der Waals surface area contributed by atoms with Crippen molar-refractivity contribution < 1.29 is 8.42 Å². The van der Waals surface area contributed by atoms with Gasteiger partial charge >= 0.3 is 0 Å². The van der Waals surface area contributed by atoms with E-state index in [0.717, 1.165) is 38.0 Å². The summed E-state index contributed by atoms with van der Waals surface area (Å²) in [5.41, 5.74) is 2.56. The maximum absolute atomic E-state index is 13.0. The fourth-order valence-corrected chi connectivity index (χ4v) is 10.8. The van der Waals surface area contributed by atoms with Crippen molar-refractivity contribution in [1.82, 2.24) is 19.2 Å². The molecule has 2 aromatic carbocycles. The molecule has 4 saturated heterocycles. The Bertz CT molecular complexity index is 1340. The first-order valence-corrected chi connectivity index (χ1v) is 21.2. The average molecular weight is 721 g/mol. The van der Waals surface area contributed by atoms with Crippen molar-refractivity contribution in [1.29, 1.82) is 0 Å². The van der Waals surface area contributed by atoms with Gasteiger partial charge in [0.25, 0.3) is 0 Å². The van der Waals surface area contributed by atoms with Gasteiger partial charge in [-0.3, -0.25) is 9.80 Å².